The van der Waals surface area contributed by atoms with E-state index in [2.05, 4.69) is 50.6 Å². The number of anilines is 2. The molecule has 0 unspecified atom stereocenters. The molecule has 3 rings (SSSR count). The van der Waals surface area contributed by atoms with E-state index in [-0.39, 0.29) is 27.2 Å². The predicted octanol–water partition coefficient (Wildman–Crippen LogP) is 5.67. The molecule has 0 fully saturated rings. The number of nitrogens with one attached hydrogen (secondary N) is 3. The molecule has 0 saturated carbocycles. The van der Waals surface area contributed by atoms with Gasteiger partial charge in [0.25, 0.3) is 5.91 Å². The number of phenolic OH excluding ortho intramolecular Hbond substituents is 1. The SMILES string of the molecule is CCN(CC)CCNC(=O)c1c(OC)cc(NC(=O)Nc2ccc(Oc3ccccc3)cc2)c(Br)c1O. The number of urea groups is 1. The van der Waals surface area contributed by atoms with Gasteiger partial charge >= 0.3 is 6.03 Å². The van der Waals surface area contributed by atoms with Gasteiger partial charge in [0, 0.05) is 24.8 Å². The minimum absolute atomic E-state index is 0.0196. The molecule has 4 N–H and O–H groups in total. The molecule has 0 atom stereocenters. The van der Waals surface area contributed by atoms with Crippen LogP contribution < -0.4 is 25.4 Å². The number of para-hydroxylation sites is 1. The number of aromatic hydroxyl groups is 1. The van der Waals surface area contributed by atoms with Gasteiger partial charge in [-0.05, 0) is 65.4 Å². The van der Waals surface area contributed by atoms with E-state index in [0.717, 1.165) is 13.1 Å². The number of carbonyl (C=O) groups excluding carboxylic acids is 2. The Morgan fingerprint density at radius 1 is 0.973 bits per heavy atom. The van der Waals surface area contributed by atoms with E-state index in [4.69, 9.17) is 9.47 Å². The van der Waals surface area contributed by atoms with Crippen LogP contribution in [-0.4, -0.2) is 55.2 Å². The third-order valence-corrected chi connectivity index (χ3v) is 6.40. The molecule has 3 amide bonds. The van der Waals surface area contributed by atoms with E-state index in [1.807, 2.05) is 30.3 Å². The van der Waals surface area contributed by atoms with Crippen molar-refractivity contribution in [2.24, 2.45) is 0 Å². The minimum atomic E-state index is -0.546. The first kappa shape index (κ1) is 27.8. The number of amides is 3. The van der Waals surface area contributed by atoms with Gasteiger partial charge in [0.15, 0.2) is 0 Å². The van der Waals surface area contributed by atoms with E-state index < -0.39 is 11.9 Å². The molecule has 0 saturated heterocycles. The smallest absolute Gasteiger partial charge is 0.323 e. The average molecular weight is 571 g/mol. The number of halogens is 1. The lowest BCUT2D eigenvalue weighted by molar-refractivity contribution is 0.0943. The second kappa shape index (κ2) is 13.5. The lowest BCUT2D eigenvalue weighted by atomic mass is 10.1. The Kier molecular flexibility index (Phi) is 10.2. The summed E-state index contributed by atoms with van der Waals surface area (Å²) in [5.74, 6) is 0.647. The summed E-state index contributed by atoms with van der Waals surface area (Å²) in [6.07, 6.45) is 0. The quantitative estimate of drug-likeness (QED) is 0.236. The molecule has 3 aromatic carbocycles. The first-order chi connectivity index (χ1) is 17.9. The molecular weight excluding hydrogens is 540 g/mol. The zero-order valence-electron chi connectivity index (χ0n) is 21.0. The molecule has 0 spiro atoms. The predicted molar refractivity (Wildman–Crippen MR) is 148 cm³/mol. The van der Waals surface area contributed by atoms with Crippen LogP contribution in [0.2, 0.25) is 0 Å². The summed E-state index contributed by atoms with van der Waals surface area (Å²) in [6.45, 7) is 6.95. The van der Waals surface area contributed by atoms with Crippen molar-refractivity contribution in [3.8, 4) is 23.0 Å². The summed E-state index contributed by atoms with van der Waals surface area (Å²) in [6, 6.07) is 17.2. The van der Waals surface area contributed by atoms with Gasteiger partial charge < -0.3 is 35.4 Å². The highest BCUT2D eigenvalue weighted by molar-refractivity contribution is 9.10. The summed E-state index contributed by atoms with van der Waals surface area (Å²) in [5, 5.41) is 18.9. The van der Waals surface area contributed by atoms with Crippen molar-refractivity contribution in [3.05, 3.63) is 70.7 Å². The van der Waals surface area contributed by atoms with Crippen LogP contribution in [0.3, 0.4) is 0 Å². The average Bonchev–Trinajstić information content (AvgIpc) is 2.90. The Morgan fingerprint density at radius 2 is 1.62 bits per heavy atom. The first-order valence-electron chi connectivity index (χ1n) is 11.9. The number of ether oxygens (including phenoxy) is 2. The van der Waals surface area contributed by atoms with Crippen molar-refractivity contribution in [1.82, 2.24) is 10.2 Å². The van der Waals surface area contributed by atoms with Crippen LogP contribution >= 0.6 is 15.9 Å². The molecule has 3 aromatic rings. The number of methoxy groups -OCH3 is 1. The topological polar surface area (TPSA) is 112 Å². The number of hydrogen-bond acceptors (Lipinski definition) is 6. The van der Waals surface area contributed by atoms with Crippen LogP contribution in [0.1, 0.15) is 24.2 Å². The minimum Gasteiger partial charge on any atom is -0.506 e. The maximum atomic E-state index is 12.8. The Hall–Kier alpha value is -3.76. The molecule has 0 radical (unpaired) electrons. The number of hydrogen-bond donors (Lipinski definition) is 4. The number of rotatable bonds is 11. The molecular formula is C27H31BrN4O5. The Balaban J connectivity index is 1.65. The standard InChI is InChI=1S/C27H31BrN4O5/c1-4-32(5-2)16-15-29-26(34)23-22(36-3)17-21(24(28)25(23)33)31-27(35)30-18-11-13-20(14-12-18)37-19-9-7-6-8-10-19/h6-14,17,33H,4-5,15-16H2,1-3H3,(H,29,34)(H2,30,31,35). The molecule has 0 heterocycles. The number of nitrogens with zero attached hydrogens (tertiary/aromatic N) is 1. The maximum absolute atomic E-state index is 12.8. The van der Waals surface area contributed by atoms with E-state index in [1.54, 1.807) is 24.3 Å². The summed E-state index contributed by atoms with van der Waals surface area (Å²) < 4.78 is 11.2. The number of phenols is 1. The third kappa shape index (κ3) is 7.61. The Labute approximate surface area is 224 Å². The van der Waals surface area contributed by atoms with Crippen molar-refractivity contribution in [3.63, 3.8) is 0 Å². The molecule has 0 aliphatic heterocycles. The fraction of sp³-hybridized carbons (Fsp3) is 0.259. The summed E-state index contributed by atoms with van der Waals surface area (Å²) in [4.78, 5) is 27.6. The van der Waals surface area contributed by atoms with E-state index in [1.165, 1.54) is 13.2 Å². The van der Waals surface area contributed by atoms with Crippen LogP contribution in [0, 0.1) is 0 Å². The highest BCUT2D eigenvalue weighted by Crippen LogP contribution is 2.41. The van der Waals surface area contributed by atoms with Crippen molar-refractivity contribution in [1.29, 1.82) is 0 Å². The van der Waals surface area contributed by atoms with Gasteiger partial charge in [-0.3, -0.25) is 4.79 Å². The highest BCUT2D eigenvalue weighted by atomic mass is 79.9. The lowest BCUT2D eigenvalue weighted by Gasteiger charge is -2.19. The van der Waals surface area contributed by atoms with Crippen LogP contribution in [0.15, 0.2) is 65.1 Å². The fourth-order valence-corrected chi connectivity index (χ4v) is 3.98. The monoisotopic (exact) mass is 570 g/mol. The first-order valence-corrected chi connectivity index (χ1v) is 12.7. The summed E-state index contributed by atoms with van der Waals surface area (Å²) >= 11 is 3.28. The Morgan fingerprint density at radius 3 is 2.24 bits per heavy atom. The molecule has 196 valence electrons. The normalized spacial score (nSPS) is 10.6. The van der Waals surface area contributed by atoms with Crippen LogP contribution in [0.4, 0.5) is 16.2 Å². The van der Waals surface area contributed by atoms with Crippen LogP contribution in [0.5, 0.6) is 23.0 Å². The molecule has 0 bridgehead atoms. The molecule has 10 heteroatoms. The van der Waals surface area contributed by atoms with Gasteiger partial charge in [0.2, 0.25) is 0 Å². The number of benzene rings is 3. The molecule has 0 aromatic heterocycles. The van der Waals surface area contributed by atoms with Crippen LogP contribution in [0.25, 0.3) is 0 Å². The zero-order valence-corrected chi connectivity index (χ0v) is 22.6. The van der Waals surface area contributed by atoms with Gasteiger partial charge in [-0.2, -0.15) is 0 Å². The number of carbonyl (C=O) groups is 2. The number of likely N-dealkylation sites (N-methyl/N-ethyl adjacent to an activating group) is 1. The van der Waals surface area contributed by atoms with Gasteiger partial charge in [-0.1, -0.05) is 32.0 Å². The van der Waals surface area contributed by atoms with Gasteiger partial charge in [0.1, 0.15) is 28.6 Å². The summed E-state index contributed by atoms with van der Waals surface area (Å²) in [7, 11) is 1.39. The Bertz CT molecular complexity index is 1200. The largest absolute Gasteiger partial charge is 0.506 e. The van der Waals surface area contributed by atoms with E-state index in [0.29, 0.717) is 30.3 Å². The lowest BCUT2D eigenvalue weighted by Crippen LogP contribution is -2.35. The second-order valence-electron chi connectivity index (χ2n) is 7.97. The van der Waals surface area contributed by atoms with Gasteiger partial charge in [-0.15, -0.1) is 0 Å². The highest BCUT2D eigenvalue weighted by Gasteiger charge is 2.23. The summed E-state index contributed by atoms with van der Waals surface area (Å²) in [5.41, 5.74) is 0.749. The molecule has 0 aliphatic carbocycles. The molecule has 37 heavy (non-hydrogen) atoms. The van der Waals surface area contributed by atoms with E-state index >= 15 is 0 Å². The van der Waals surface area contributed by atoms with Gasteiger partial charge in [-0.25, -0.2) is 4.79 Å². The van der Waals surface area contributed by atoms with Crippen molar-refractivity contribution in [2.75, 3.05) is 43.9 Å². The molecule has 9 nitrogen and oxygen atoms in total. The van der Waals surface area contributed by atoms with Crippen LogP contribution in [-0.2, 0) is 0 Å². The second-order valence-corrected chi connectivity index (χ2v) is 8.76. The zero-order chi connectivity index (χ0) is 26.8. The molecule has 0 aliphatic rings. The third-order valence-electron chi connectivity index (χ3n) is 5.60. The van der Waals surface area contributed by atoms with Crippen molar-refractivity contribution in [2.45, 2.75) is 13.8 Å². The van der Waals surface area contributed by atoms with Crippen molar-refractivity contribution < 1.29 is 24.2 Å². The van der Waals surface area contributed by atoms with Crippen molar-refractivity contribution >= 4 is 39.2 Å². The van der Waals surface area contributed by atoms with E-state index in [9.17, 15) is 14.7 Å². The fourth-order valence-electron chi connectivity index (χ4n) is 3.56. The maximum Gasteiger partial charge on any atom is 0.323 e. The van der Waals surface area contributed by atoms with Gasteiger partial charge in [0.05, 0.1) is 17.3 Å².